The van der Waals surface area contributed by atoms with Crippen LogP contribution in [-0.2, 0) is 30.9 Å². The summed E-state index contributed by atoms with van der Waals surface area (Å²) < 4.78 is 15.1. The quantitative estimate of drug-likeness (QED) is 0.467. The third-order valence-corrected chi connectivity index (χ3v) is 6.88. The van der Waals surface area contributed by atoms with Crippen LogP contribution in [0.15, 0.2) is 27.6 Å². The molecule has 4 rings (SSSR count). The normalized spacial score (nSPS) is 15.7. The summed E-state index contributed by atoms with van der Waals surface area (Å²) in [6.45, 7) is 8.02. The van der Waals surface area contributed by atoms with Gasteiger partial charge in [0, 0.05) is 11.3 Å². The van der Waals surface area contributed by atoms with Crippen LogP contribution in [0.1, 0.15) is 62.7 Å². The van der Waals surface area contributed by atoms with Gasteiger partial charge in [-0.15, -0.1) is 0 Å². The Kier molecular flexibility index (Phi) is 5.53. The third-order valence-electron chi connectivity index (χ3n) is 5.65. The Morgan fingerprint density at radius 2 is 2.14 bits per heavy atom. The van der Waals surface area contributed by atoms with E-state index >= 15 is 0 Å². The van der Waals surface area contributed by atoms with Crippen LogP contribution in [0, 0.1) is 0 Å². The Hall–Kier alpha value is -2.12. The number of aromatic nitrogens is 2. The molecule has 0 amide bonds. The summed E-state index contributed by atoms with van der Waals surface area (Å²) >= 11 is 1.66. The molecular weight excluding hydrogens is 386 g/mol. The van der Waals surface area contributed by atoms with Crippen molar-refractivity contribution in [2.24, 2.45) is 0 Å². The van der Waals surface area contributed by atoms with Crippen molar-refractivity contribution in [3.8, 4) is 0 Å². The van der Waals surface area contributed by atoms with Crippen LogP contribution >= 0.6 is 11.3 Å². The fraction of sp³-hybridized carbons (Fsp3) is 0.545. The Bertz CT molecular complexity index is 1060. The lowest BCUT2D eigenvalue weighted by Crippen LogP contribution is -2.55. The molecule has 1 aliphatic rings. The molecule has 3 aromatic rings. The molecular formula is C22H30N3O3S+. The number of aryl methyl sites for hydroxylation is 1. The number of hydrogen-bond donors (Lipinski definition) is 1. The smallest absolute Gasteiger partial charge is 0.465 e. The molecule has 0 fully saturated rings. The van der Waals surface area contributed by atoms with Gasteiger partial charge in [-0.2, -0.15) is 13.9 Å². The van der Waals surface area contributed by atoms with Crippen molar-refractivity contribution >= 4 is 27.4 Å². The van der Waals surface area contributed by atoms with Gasteiger partial charge in [-0.1, -0.05) is 31.1 Å². The minimum absolute atomic E-state index is 0.0679. The second-order valence-electron chi connectivity index (χ2n) is 8.45. The maximum absolute atomic E-state index is 13.4. The van der Waals surface area contributed by atoms with E-state index < -0.39 is 0 Å². The number of fused-ring (bicyclic) bond motifs is 3. The van der Waals surface area contributed by atoms with Crippen LogP contribution in [-0.4, -0.2) is 10.2 Å². The van der Waals surface area contributed by atoms with E-state index in [9.17, 15) is 4.79 Å². The van der Waals surface area contributed by atoms with Crippen LogP contribution < -0.4 is 16.0 Å². The number of nitrogens with zero attached hydrogens (tertiary/aromatic N) is 2. The highest BCUT2D eigenvalue weighted by Gasteiger charge is 2.34. The molecule has 0 saturated heterocycles. The van der Waals surface area contributed by atoms with Crippen molar-refractivity contribution in [3.05, 3.63) is 45.1 Å². The van der Waals surface area contributed by atoms with Crippen molar-refractivity contribution in [3.63, 3.8) is 0 Å². The van der Waals surface area contributed by atoms with Gasteiger partial charge in [0.05, 0.1) is 25.0 Å². The molecule has 1 aliphatic heterocycles. The number of thiophene rings is 1. The zero-order chi connectivity index (χ0) is 20.6. The van der Waals surface area contributed by atoms with E-state index in [-0.39, 0.29) is 11.3 Å². The fourth-order valence-electron chi connectivity index (χ4n) is 4.07. The molecule has 3 aromatic heterocycles. The van der Waals surface area contributed by atoms with Gasteiger partial charge < -0.3 is 14.9 Å². The van der Waals surface area contributed by atoms with Gasteiger partial charge in [0.1, 0.15) is 11.1 Å². The number of ether oxygens (including phenoxy) is 1. The average Bonchev–Trinajstić information content (AvgIpc) is 3.31. The number of hydrogen-bond acceptors (Lipinski definition) is 5. The Labute approximate surface area is 174 Å². The number of nitrogen functional groups attached to an aromatic ring is 1. The van der Waals surface area contributed by atoms with Gasteiger partial charge in [-0.05, 0) is 44.4 Å². The minimum Gasteiger partial charge on any atom is -0.465 e. The Morgan fingerprint density at radius 1 is 1.31 bits per heavy atom. The molecule has 0 aliphatic carbocycles. The highest BCUT2D eigenvalue weighted by molar-refractivity contribution is 7.18. The summed E-state index contributed by atoms with van der Waals surface area (Å²) in [5.41, 5.74) is 7.54. The summed E-state index contributed by atoms with van der Waals surface area (Å²) in [4.78, 5) is 15.6. The Balaban J connectivity index is 1.87. The third kappa shape index (κ3) is 3.85. The first-order chi connectivity index (χ1) is 13.9. The van der Waals surface area contributed by atoms with E-state index in [2.05, 4.69) is 20.8 Å². The van der Waals surface area contributed by atoms with Crippen LogP contribution in [0.25, 0.3) is 10.2 Å². The lowest BCUT2D eigenvalue weighted by Gasteiger charge is -2.29. The van der Waals surface area contributed by atoms with Crippen molar-refractivity contribution in [1.29, 1.82) is 0 Å². The van der Waals surface area contributed by atoms with Gasteiger partial charge in [0.15, 0.2) is 11.4 Å². The van der Waals surface area contributed by atoms with E-state index in [1.54, 1.807) is 22.2 Å². The fourth-order valence-corrected chi connectivity index (χ4v) is 5.33. The van der Waals surface area contributed by atoms with Gasteiger partial charge in [-0.3, -0.25) is 0 Å². The SMILES string of the molecule is CCCCCC[n+]1c(=O)n(Cc2ccco2)c(N)c2c3c(sc21)COC(C)(C)C3. The number of furan rings is 1. The Morgan fingerprint density at radius 3 is 2.86 bits per heavy atom. The number of nitrogens with two attached hydrogens (primary N) is 1. The highest BCUT2D eigenvalue weighted by atomic mass is 32.1. The molecule has 156 valence electrons. The van der Waals surface area contributed by atoms with Crippen LogP contribution in [0.4, 0.5) is 5.82 Å². The standard InChI is InChI=1S/C22H29N3O3S/c1-4-5-6-7-10-24-20-18(16-12-22(2,3)28-14-17(16)29-20)19(23)25(21(24)26)13-15-9-8-11-27-15/h8-9,11,23H,4-7,10,12-14H2,1-3H3/p+1. The first-order valence-electron chi connectivity index (χ1n) is 10.4. The van der Waals surface area contributed by atoms with E-state index in [1.807, 2.05) is 16.7 Å². The molecule has 4 heterocycles. The first-order valence-corrected chi connectivity index (χ1v) is 11.3. The predicted molar refractivity (Wildman–Crippen MR) is 115 cm³/mol. The molecule has 0 bridgehead atoms. The van der Waals surface area contributed by atoms with Gasteiger partial charge in [0.2, 0.25) is 5.82 Å². The summed E-state index contributed by atoms with van der Waals surface area (Å²) in [5, 5.41) is 1.02. The summed E-state index contributed by atoms with van der Waals surface area (Å²) in [5.74, 6) is 1.25. The maximum atomic E-state index is 13.4. The second-order valence-corrected chi connectivity index (χ2v) is 9.54. The lowest BCUT2D eigenvalue weighted by molar-refractivity contribution is -0.688. The van der Waals surface area contributed by atoms with Crippen LogP contribution in [0.2, 0.25) is 0 Å². The molecule has 0 atom stereocenters. The van der Waals surface area contributed by atoms with Crippen molar-refractivity contribution < 1.29 is 13.7 Å². The molecule has 29 heavy (non-hydrogen) atoms. The average molecular weight is 417 g/mol. The largest absolute Gasteiger partial charge is 0.501 e. The molecule has 6 nitrogen and oxygen atoms in total. The molecule has 7 heteroatoms. The highest BCUT2D eigenvalue weighted by Crippen LogP contribution is 2.39. The molecule has 0 saturated carbocycles. The zero-order valence-electron chi connectivity index (χ0n) is 17.5. The van der Waals surface area contributed by atoms with E-state index in [0.717, 1.165) is 35.2 Å². The predicted octanol–water partition coefficient (Wildman–Crippen LogP) is 4.01. The van der Waals surface area contributed by atoms with Gasteiger partial charge in [0.25, 0.3) is 0 Å². The maximum Gasteiger partial charge on any atom is 0.501 e. The number of unbranched alkanes of at least 4 members (excludes halogenated alkanes) is 3. The van der Waals surface area contributed by atoms with Gasteiger partial charge >= 0.3 is 5.69 Å². The first kappa shape index (κ1) is 20.2. The van der Waals surface area contributed by atoms with Gasteiger partial charge in [-0.25, -0.2) is 0 Å². The number of rotatable bonds is 7. The molecule has 2 N–H and O–H groups in total. The second kappa shape index (κ2) is 7.95. The molecule has 0 unspecified atom stereocenters. The topological polar surface area (TPSA) is 74.3 Å². The summed E-state index contributed by atoms with van der Waals surface area (Å²) in [6, 6.07) is 3.71. The molecule has 0 radical (unpaired) electrons. The van der Waals surface area contributed by atoms with Crippen LogP contribution in [0.5, 0.6) is 0 Å². The van der Waals surface area contributed by atoms with E-state index in [0.29, 0.717) is 25.5 Å². The minimum atomic E-state index is -0.235. The lowest BCUT2D eigenvalue weighted by atomic mass is 9.94. The monoisotopic (exact) mass is 416 g/mol. The van der Waals surface area contributed by atoms with E-state index in [1.165, 1.54) is 23.3 Å². The van der Waals surface area contributed by atoms with Crippen molar-refractivity contribution in [2.75, 3.05) is 5.73 Å². The zero-order valence-corrected chi connectivity index (χ0v) is 18.3. The summed E-state index contributed by atoms with van der Waals surface area (Å²) in [7, 11) is 0. The molecule has 0 aromatic carbocycles. The van der Waals surface area contributed by atoms with E-state index in [4.69, 9.17) is 14.9 Å². The van der Waals surface area contributed by atoms with Crippen molar-refractivity contribution in [2.45, 2.75) is 78.2 Å². The van der Waals surface area contributed by atoms with Crippen molar-refractivity contribution in [1.82, 2.24) is 4.57 Å². The number of anilines is 1. The van der Waals surface area contributed by atoms with Crippen LogP contribution in [0.3, 0.4) is 0 Å². The molecule has 0 spiro atoms. The summed E-state index contributed by atoms with van der Waals surface area (Å²) in [6.07, 6.45) is 6.88.